The summed E-state index contributed by atoms with van der Waals surface area (Å²) in [5.74, 6) is 0.388. The molecule has 0 unspecified atom stereocenters. The molecule has 0 aliphatic heterocycles. The number of halogens is 1. The highest BCUT2D eigenvalue weighted by Crippen LogP contribution is 2.16. The third-order valence-corrected chi connectivity index (χ3v) is 2.41. The first-order valence-electron chi connectivity index (χ1n) is 5.37. The van der Waals surface area contributed by atoms with Crippen molar-refractivity contribution in [2.75, 3.05) is 6.61 Å². The second-order valence-corrected chi connectivity index (χ2v) is 3.69. The fourth-order valence-electron chi connectivity index (χ4n) is 1.47. The molecule has 88 valence electrons. The van der Waals surface area contributed by atoms with Crippen molar-refractivity contribution in [1.82, 2.24) is 0 Å². The van der Waals surface area contributed by atoms with Crippen LogP contribution in [-0.4, -0.2) is 11.7 Å². The van der Waals surface area contributed by atoms with E-state index in [4.69, 9.17) is 4.74 Å². The molecule has 1 N–H and O–H groups in total. The summed E-state index contributed by atoms with van der Waals surface area (Å²) in [5, 5.41) is 9.83. The molecule has 0 aliphatic carbocycles. The predicted molar refractivity (Wildman–Crippen MR) is 63.3 cm³/mol. The van der Waals surface area contributed by atoms with Crippen molar-refractivity contribution in [3.63, 3.8) is 0 Å². The largest absolute Gasteiger partial charge is 0.491 e. The summed E-state index contributed by atoms with van der Waals surface area (Å²) < 4.78 is 18.1. The van der Waals surface area contributed by atoms with Crippen LogP contribution < -0.4 is 4.74 Å². The highest BCUT2D eigenvalue weighted by atomic mass is 19.1. The van der Waals surface area contributed by atoms with E-state index in [2.05, 4.69) is 0 Å². The standard InChI is InChI=1S/C14H13FO2/c15-12-8-6-11(7-9-12)14(16)10-17-13-4-2-1-3-5-13/h1-9,14,16H,10H2/t14-/m1/s1. The van der Waals surface area contributed by atoms with E-state index in [1.54, 1.807) is 12.1 Å². The van der Waals surface area contributed by atoms with Gasteiger partial charge in [0.15, 0.2) is 0 Å². The Labute approximate surface area is 99.3 Å². The zero-order chi connectivity index (χ0) is 12.1. The molecular formula is C14H13FO2. The zero-order valence-corrected chi connectivity index (χ0v) is 9.21. The summed E-state index contributed by atoms with van der Waals surface area (Å²) in [7, 11) is 0. The van der Waals surface area contributed by atoms with Gasteiger partial charge in [0.1, 0.15) is 24.3 Å². The lowest BCUT2D eigenvalue weighted by Crippen LogP contribution is -2.09. The van der Waals surface area contributed by atoms with Crippen LogP contribution in [0.4, 0.5) is 4.39 Å². The molecule has 0 aliphatic rings. The summed E-state index contributed by atoms with van der Waals surface area (Å²) in [6, 6.07) is 15.0. The lowest BCUT2D eigenvalue weighted by molar-refractivity contribution is 0.108. The first kappa shape index (κ1) is 11.6. The minimum atomic E-state index is -0.754. The second kappa shape index (κ2) is 5.46. The monoisotopic (exact) mass is 232 g/mol. The van der Waals surface area contributed by atoms with Crippen molar-refractivity contribution in [1.29, 1.82) is 0 Å². The number of benzene rings is 2. The van der Waals surface area contributed by atoms with Gasteiger partial charge in [-0.3, -0.25) is 0 Å². The van der Waals surface area contributed by atoms with Gasteiger partial charge in [0, 0.05) is 0 Å². The van der Waals surface area contributed by atoms with Crippen molar-refractivity contribution < 1.29 is 14.2 Å². The van der Waals surface area contributed by atoms with Crippen LogP contribution in [0.5, 0.6) is 5.75 Å². The van der Waals surface area contributed by atoms with Crippen LogP contribution in [0, 0.1) is 5.82 Å². The summed E-state index contributed by atoms with van der Waals surface area (Å²) in [6.45, 7) is 0.148. The molecule has 2 rings (SSSR count). The van der Waals surface area contributed by atoms with Crippen LogP contribution in [0.25, 0.3) is 0 Å². The van der Waals surface area contributed by atoms with E-state index in [-0.39, 0.29) is 12.4 Å². The van der Waals surface area contributed by atoms with E-state index in [9.17, 15) is 9.50 Å². The Morgan fingerprint density at radius 2 is 1.65 bits per heavy atom. The van der Waals surface area contributed by atoms with Crippen molar-refractivity contribution in [2.24, 2.45) is 0 Å². The lowest BCUT2D eigenvalue weighted by atomic mass is 10.1. The molecule has 2 aromatic rings. The van der Waals surface area contributed by atoms with E-state index in [0.29, 0.717) is 11.3 Å². The first-order valence-corrected chi connectivity index (χ1v) is 5.37. The fraction of sp³-hybridized carbons (Fsp3) is 0.143. The molecule has 1 atom stereocenters. The van der Waals surface area contributed by atoms with Gasteiger partial charge in [-0.05, 0) is 29.8 Å². The number of aliphatic hydroxyl groups is 1. The highest BCUT2D eigenvalue weighted by molar-refractivity contribution is 5.22. The third kappa shape index (κ3) is 3.29. The van der Waals surface area contributed by atoms with Gasteiger partial charge >= 0.3 is 0 Å². The molecule has 17 heavy (non-hydrogen) atoms. The van der Waals surface area contributed by atoms with Crippen LogP contribution in [0.3, 0.4) is 0 Å². The molecular weight excluding hydrogens is 219 g/mol. The Hall–Kier alpha value is -1.87. The smallest absolute Gasteiger partial charge is 0.123 e. The summed E-state index contributed by atoms with van der Waals surface area (Å²) in [6.07, 6.45) is -0.754. The Balaban J connectivity index is 1.93. The minimum absolute atomic E-state index is 0.148. The zero-order valence-electron chi connectivity index (χ0n) is 9.21. The van der Waals surface area contributed by atoms with E-state index in [1.807, 2.05) is 30.3 Å². The molecule has 0 amide bonds. The van der Waals surface area contributed by atoms with Gasteiger partial charge in [0.2, 0.25) is 0 Å². The molecule has 0 saturated carbocycles. The number of rotatable bonds is 4. The van der Waals surface area contributed by atoms with Gasteiger partial charge in [-0.15, -0.1) is 0 Å². The number of hydrogen-bond acceptors (Lipinski definition) is 2. The molecule has 0 bridgehead atoms. The molecule has 2 aromatic carbocycles. The van der Waals surface area contributed by atoms with Gasteiger partial charge in [-0.2, -0.15) is 0 Å². The Kier molecular flexibility index (Phi) is 3.73. The average Bonchev–Trinajstić information content (AvgIpc) is 2.38. The van der Waals surface area contributed by atoms with Gasteiger partial charge < -0.3 is 9.84 Å². The van der Waals surface area contributed by atoms with E-state index >= 15 is 0 Å². The van der Waals surface area contributed by atoms with Crippen LogP contribution in [-0.2, 0) is 0 Å². The quantitative estimate of drug-likeness (QED) is 0.878. The van der Waals surface area contributed by atoms with E-state index < -0.39 is 6.10 Å². The van der Waals surface area contributed by atoms with Crippen molar-refractivity contribution in [2.45, 2.75) is 6.10 Å². The van der Waals surface area contributed by atoms with Gasteiger partial charge in [0.05, 0.1) is 0 Å². The molecule has 0 heterocycles. The topological polar surface area (TPSA) is 29.5 Å². The normalized spacial score (nSPS) is 12.1. The maximum Gasteiger partial charge on any atom is 0.123 e. The van der Waals surface area contributed by atoms with E-state index in [0.717, 1.165) is 0 Å². The Morgan fingerprint density at radius 1 is 1.00 bits per heavy atom. The minimum Gasteiger partial charge on any atom is -0.491 e. The maximum absolute atomic E-state index is 12.7. The predicted octanol–water partition coefficient (Wildman–Crippen LogP) is 2.94. The van der Waals surface area contributed by atoms with Crippen molar-refractivity contribution in [3.05, 3.63) is 66.0 Å². The van der Waals surface area contributed by atoms with Crippen LogP contribution >= 0.6 is 0 Å². The van der Waals surface area contributed by atoms with E-state index in [1.165, 1.54) is 12.1 Å². The Morgan fingerprint density at radius 3 is 2.29 bits per heavy atom. The summed E-state index contributed by atoms with van der Waals surface area (Å²) in [5.41, 5.74) is 0.641. The molecule has 2 nitrogen and oxygen atoms in total. The number of aliphatic hydroxyl groups excluding tert-OH is 1. The molecule has 0 aromatic heterocycles. The van der Waals surface area contributed by atoms with Gasteiger partial charge in [-0.25, -0.2) is 4.39 Å². The summed E-state index contributed by atoms with van der Waals surface area (Å²) >= 11 is 0. The van der Waals surface area contributed by atoms with Gasteiger partial charge in [-0.1, -0.05) is 30.3 Å². The highest BCUT2D eigenvalue weighted by Gasteiger charge is 2.08. The molecule has 0 saturated heterocycles. The first-order chi connectivity index (χ1) is 8.25. The van der Waals surface area contributed by atoms with Gasteiger partial charge in [0.25, 0.3) is 0 Å². The molecule has 0 fully saturated rings. The SMILES string of the molecule is O[C@H](COc1ccccc1)c1ccc(F)cc1. The van der Waals surface area contributed by atoms with Crippen LogP contribution in [0.2, 0.25) is 0 Å². The third-order valence-electron chi connectivity index (χ3n) is 2.41. The van der Waals surface area contributed by atoms with Crippen molar-refractivity contribution in [3.8, 4) is 5.75 Å². The van der Waals surface area contributed by atoms with Crippen molar-refractivity contribution >= 4 is 0 Å². The Bertz CT molecular complexity index is 453. The van der Waals surface area contributed by atoms with Crippen LogP contribution in [0.1, 0.15) is 11.7 Å². The lowest BCUT2D eigenvalue weighted by Gasteiger charge is -2.12. The van der Waals surface area contributed by atoms with Crippen LogP contribution in [0.15, 0.2) is 54.6 Å². The molecule has 3 heteroatoms. The number of para-hydroxylation sites is 1. The summed E-state index contributed by atoms with van der Waals surface area (Å²) in [4.78, 5) is 0. The maximum atomic E-state index is 12.7. The number of ether oxygens (including phenoxy) is 1. The fourth-order valence-corrected chi connectivity index (χ4v) is 1.47. The average molecular weight is 232 g/mol. The molecule has 0 spiro atoms. The molecule has 0 radical (unpaired) electrons. The number of hydrogen-bond donors (Lipinski definition) is 1. The second-order valence-electron chi connectivity index (χ2n) is 3.69.